The average Bonchev–Trinajstić information content (AvgIpc) is 3.82. The molecule has 0 bridgehead atoms. The van der Waals surface area contributed by atoms with Gasteiger partial charge in [-0.1, -0.05) is 12.1 Å². The summed E-state index contributed by atoms with van der Waals surface area (Å²) >= 11 is 0. The second-order valence-corrected chi connectivity index (χ2v) is 16.7. The van der Waals surface area contributed by atoms with Crippen molar-refractivity contribution in [3.63, 3.8) is 0 Å². The van der Waals surface area contributed by atoms with E-state index in [0.29, 0.717) is 56.4 Å². The molecule has 3 heterocycles. The van der Waals surface area contributed by atoms with Crippen LogP contribution in [0, 0.1) is 6.92 Å². The smallest absolute Gasteiger partial charge is 0.248 e. The zero-order chi connectivity index (χ0) is 32.0. The lowest BCUT2D eigenvalue weighted by Gasteiger charge is -2.38. The summed E-state index contributed by atoms with van der Waals surface area (Å²) in [6, 6.07) is 11.8. The van der Waals surface area contributed by atoms with Gasteiger partial charge < -0.3 is 24.5 Å². The maximum atomic E-state index is 13.7. The number of aromatic nitrogens is 1. The van der Waals surface area contributed by atoms with Crippen molar-refractivity contribution in [3.8, 4) is 5.75 Å². The molecule has 0 unspecified atom stereocenters. The van der Waals surface area contributed by atoms with E-state index in [-0.39, 0.29) is 47.3 Å². The van der Waals surface area contributed by atoms with Crippen LogP contribution in [0.4, 0.5) is 0 Å². The van der Waals surface area contributed by atoms with Crippen molar-refractivity contribution in [3.05, 3.63) is 64.4 Å². The quantitative estimate of drug-likeness (QED) is 0.318. The molecule has 3 fully saturated rings. The molecule has 2 N–H and O–H groups in total. The van der Waals surface area contributed by atoms with Gasteiger partial charge in [0.05, 0.1) is 27.9 Å². The number of sulfone groups is 1. The van der Waals surface area contributed by atoms with Crippen molar-refractivity contribution in [1.82, 2.24) is 14.2 Å². The third kappa shape index (κ3) is 6.56. The van der Waals surface area contributed by atoms with Crippen LogP contribution in [-0.2, 0) is 31.1 Å². The van der Waals surface area contributed by atoms with Crippen LogP contribution in [0.15, 0.2) is 63.2 Å². The number of pyridine rings is 1. The van der Waals surface area contributed by atoms with E-state index >= 15 is 0 Å². The molecular formula is C32H41N3O8S2. The molecule has 1 aliphatic carbocycles. The van der Waals surface area contributed by atoms with E-state index < -0.39 is 37.0 Å². The largest absolute Gasteiger partial charge is 0.491 e. The van der Waals surface area contributed by atoms with Crippen molar-refractivity contribution in [1.29, 1.82) is 0 Å². The number of nitrogens with zero attached hydrogens (tertiary/aromatic N) is 2. The van der Waals surface area contributed by atoms with Crippen molar-refractivity contribution in [2.45, 2.75) is 85.3 Å². The highest BCUT2D eigenvalue weighted by Gasteiger charge is 2.45. The number of aliphatic hydroxyl groups excluding tert-OH is 1. The van der Waals surface area contributed by atoms with Crippen LogP contribution in [0.1, 0.15) is 44.6 Å². The summed E-state index contributed by atoms with van der Waals surface area (Å²) in [5, 5.41) is 13.9. The van der Waals surface area contributed by atoms with Gasteiger partial charge in [0.25, 0.3) is 0 Å². The second kappa shape index (κ2) is 12.4. The molecule has 11 nitrogen and oxygen atoms in total. The zero-order valence-corrected chi connectivity index (χ0v) is 27.3. The molecule has 2 aromatic carbocycles. The van der Waals surface area contributed by atoms with Crippen LogP contribution < -0.4 is 15.5 Å². The number of hydrogen-bond donors (Lipinski definition) is 2. The summed E-state index contributed by atoms with van der Waals surface area (Å²) in [6.07, 6.45) is 3.71. The number of fused-ring (bicyclic) bond motifs is 1. The van der Waals surface area contributed by atoms with E-state index in [4.69, 9.17) is 9.47 Å². The SMILES string of the molecule is CCn1cc(S(=O)(=O)N2CCC3(CC2)C[C@@H](NC[C@H](O)COc2cccc(S(=O)(=O)C4CC4)c2)CO3)c(=O)c2ccc(C)cc21. The number of aryl methyl sites for hydroxylation is 2. The fourth-order valence-electron chi connectivity index (χ4n) is 6.38. The van der Waals surface area contributed by atoms with Gasteiger partial charge in [-0.25, -0.2) is 16.8 Å². The van der Waals surface area contributed by atoms with Gasteiger partial charge in [0, 0.05) is 43.8 Å². The molecule has 13 heteroatoms. The van der Waals surface area contributed by atoms with Gasteiger partial charge in [-0.3, -0.25) is 4.79 Å². The van der Waals surface area contributed by atoms with Crippen LogP contribution in [-0.4, -0.2) is 86.7 Å². The maximum Gasteiger partial charge on any atom is 0.248 e. The molecule has 2 atom stereocenters. The van der Waals surface area contributed by atoms with E-state index in [1.165, 1.54) is 16.6 Å². The highest BCUT2D eigenvalue weighted by Crippen LogP contribution is 2.37. The summed E-state index contributed by atoms with van der Waals surface area (Å²) in [7, 11) is -7.32. The van der Waals surface area contributed by atoms with Crippen LogP contribution in [0.25, 0.3) is 10.9 Å². The number of sulfonamides is 1. The number of aliphatic hydroxyl groups is 1. The molecule has 1 spiro atoms. The van der Waals surface area contributed by atoms with Gasteiger partial charge in [0.15, 0.2) is 9.84 Å². The maximum absolute atomic E-state index is 13.7. The Morgan fingerprint density at radius 3 is 2.58 bits per heavy atom. The Balaban J connectivity index is 1.01. The molecule has 244 valence electrons. The Morgan fingerprint density at radius 1 is 1.11 bits per heavy atom. The fraction of sp³-hybridized carbons (Fsp3) is 0.531. The summed E-state index contributed by atoms with van der Waals surface area (Å²) in [6.45, 7) is 5.59. The minimum Gasteiger partial charge on any atom is -0.491 e. The van der Waals surface area contributed by atoms with Crippen LogP contribution in [0.3, 0.4) is 0 Å². The third-order valence-electron chi connectivity index (χ3n) is 9.19. The molecule has 45 heavy (non-hydrogen) atoms. The van der Waals surface area contributed by atoms with E-state index in [2.05, 4.69) is 5.32 Å². The first kappa shape index (κ1) is 32.1. The minimum absolute atomic E-state index is 0.000415. The first-order valence-electron chi connectivity index (χ1n) is 15.6. The predicted octanol–water partition coefficient (Wildman–Crippen LogP) is 2.61. The van der Waals surface area contributed by atoms with E-state index in [9.17, 15) is 26.7 Å². The molecule has 6 rings (SSSR count). The number of benzene rings is 2. The third-order valence-corrected chi connectivity index (χ3v) is 13.3. The minimum atomic E-state index is -4.00. The summed E-state index contributed by atoms with van der Waals surface area (Å²) in [5.41, 5.74) is 0.776. The Labute approximate surface area is 264 Å². The molecule has 1 aromatic heterocycles. The molecule has 1 saturated carbocycles. The lowest BCUT2D eigenvalue weighted by atomic mass is 9.88. The molecule has 2 aliphatic heterocycles. The lowest BCUT2D eigenvalue weighted by Crippen LogP contribution is -2.47. The van der Waals surface area contributed by atoms with Gasteiger partial charge in [-0.2, -0.15) is 4.31 Å². The summed E-state index contributed by atoms with van der Waals surface area (Å²) in [5.74, 6) is 0.396. The molecule has 3 aliphatic rings. The Kier molecular flexibility index (Phi) is 8.87. The normalized spacial score (nSPS) is 21.4. The Hall–Kier alpha value is -2.81. The molecule has 2 saturated heterocycles. The Morgan fingerprint density at radius 2 is 1.87 bits per heavy atom. The standard InChI is InChI=1S/C32H41N3O8S2/c1-3-34-19-30(31(37)28-10-7-22(2)15-29(28)34)45(40,41)35-13-11-32(12-14-35)17-23(20-43-32)33-18-24(36)21-42-25-5-4-6-27(16-25)44(38,39)26-8-9-26/h4-7,10,15-16,19,23-24,26,33,36H,3,8-9,11-14,17-18,20-21H2,1-2H3/t23-,24+/m1/s1. The van der Waals surface area contributed by atoms with Gasteiger partial charge in [-0.05, 0) is 81.8 Å². The van der Waals surface area contributed by atoms with Crippen LogP contribution in [0.2, 0.25) is 0 Å². The highest BCUT2D eigenvalue weighted by atomic mass is 32.2. The highest BCUT2D eigenvalue weighted by molar-refractivity contribution is 7.92. The predicted molar refractivity (Wildman–Crippen MR) is 170 cm³/mol. The molecular weight excluding hydrogens is 618 g/mol. The number of nitrogens with one attached hydrogen (secondary N) is 1. The zero-order valence-electron chi connectivity index (χ0n) is 25.6. The monoisotopic (exact) mass is 659 g/mol. The van der Waals surface area contributed by atoms with Crippen LogP contribution in [0.5, 0.6) is 5.75 Å². The summed E-state index contributed by atoms with van der Waals surface area (Å²) < 4.78 is 67.5. The van der Waals surface area contributed by atoms with Gasteiger partial charge in [-0.15, -0.1) is 0 Å². The second-order valence-electron chi connectivity index (χ2n) is 12.5. The van der Waals surface area contributed by atoms with Gasteiger partial charge in [0.2, 0.25) is 15.5 Å². The number of hydrogen-bond acceptors (Lipinski definition) is 9. The van der Waals surface area contributed by atoms with Gasteiger partial charge in [0.1, 0.15) is 23.4 Å². The van der Waals surface area contributed by atoms with E-state index in [0.717, 1.165) is 11.1 Å². The number of rotatable bonds is 11. The van der Waals surface area contributed by atoms with Crippen molar-refractivity contribution < 1.29 is 31.4 Å². The van der Waals surface area contributed by atoms with E-state index in [1.54, 1.807) is 24.3 Å². The lowest BCUT2D eigenvalue weighted by molar-refractivity contribution is -0.0312. The summed E-state index contributed by atoms with van der Waals surface area (Å²) in [4.78, 5) is 13.4. The van der Waals surface area contributed by atoms with Crippen molar-refractivity contribution in [2.24, 2.45) is 0 Å². The number of piperidine rings is 1. The molecule has 0 radical (unpaired) electrons. The van der Waals surface area contributed by atoms with Crippen molar-refractivity contribution in [2.75, 3.05) is 32.8 Å². The first-order valence-corrected chi connectivity index (χ1v) is 18.6. The topological polar surface area (TPSA) is 144 Å². The average molecular weight is 660 g/mol. The molecule has 0 amide bonds. The van der Waals surface area contributed by atoms with Gasteiger partial charge >= 0.3 is 0 Å². The van der Waals surface area contributed by atoms with Crippen LogP contribution >= 0.6 is 0 Å². The van der Waals surface area contributed by atoms with Crippen molar-refractivity contribution >= 4 is 30.8 Å². The Bertz CT molecular complexity index is 1850. The fourth-order valence-corrected chi connectivity index (χ4v) is 9.62. The number of ether oxygens (including phenoxy) is 2. The van der Waals surface area contributed by atoms with E-state index in [1.807, 2.05) is 30.5 Å². The first-order chi connectivity index (χ1) is 21.4. The molecule has 3 aromatic rings.